The number of carbonyl (C=O) groups is 1. The summed E-state index contributed by atoms with van der Waals surface area (Å²) in [6.07, 6.45) is 0. The molecule has 2 rings (SSSR count). The lowest BCUT2D eigenvalue weighted by Crippen LogP contribution is -2.34. The van der Waals surface area contributed by atoms with E-state index in [4.69, 9.17) is 14.2 Å². The molecule has 0 aliphatic rings. The predicted octanol–water partition coefficient (Wildman–Crippen LogP) is 3.22. The van der Waals surface area contributed by atoms with Crippen molar-refractivity contribution in [2.75, 3.05) is 0 Å². The standard InChI is InChI=1S/C15H15N2O7P/c1-11(15(18)19)16-25(22,23-13-5-3-2-4-6-13)24-14-9-7-12(8-10-14)17(20)21/h2-11H,1H3,(H,16,22)(H,18,19). The zero-order chi connectivity index (χ0) is 18.4. The van der Waals surface area contributed by atoms with Gasteiger partial charge in [0.15, 0.2) is 0 Å². The summed E-state index contributed by atoms with van der Waals surface area (Å²) >= 11 is 0. The lowest BCUT2D eigenvalue weighted by molar-refractivity contribution is -0.384. The molecule has 132 valence electrons. The average molecular weight is 366 g/mol. The van der Waals surface area contributed by atoms with Crippen LogP contribution in [0.5, 0.6) is 11.5 Å². The molecule has 0 saturated heterocycles. The number of carboxylic acids is 1. The van der Waals surface area contributed by atoms with E-state index in [0.717, 1.165) is 0 Å². The molecule has 25 heavy (non-hydrogen) atoms. The molecule has 2 unspecified atom stereocenters. The fourth-order valence-electron chi connectivity index (χ4n) is 1.75. The van der Waals surface area contributed by atoms with Crippen LogP contribution in [0.25, 0.3) is 0 Å². The Balaban J connectivity index is 2.25. The summed E-state index contributed by atoms with van der Waals surface area (Å²) < 4.78 is 23.6. The minimum absolute atomic E-state index is 0.0231. The van der Waals surface area contributed by atoms with Crippen LogP contribution >= 0.6 is 7.75 Å². The number of hydrogen-bond donors (Lipinski definition) is 2. The number of nitro groups is 1. The molecule has 0 aliphatic heterocycles. The van der Waals surface area contributed by atoms with E-state index in [1.165, 1.54) is 43.3 Å². The molecule has 2 aromatic rings. The van der Waals surface area contributed by atoms with E-state index in [1.54, 1.807) is 18.2 Å². The normalized spacial score (nSPS) is 14.1. The maximum Gasteiger partial charge on any atom is 0.513 e. The highest BCUT2D eigenvalue weighted by molar-refractivity contribution is 7.52. The second-order valence-electron chi connectivity index (χ2n) is 4.93. The number of nitrogens with zero attached hydrogens (tertiary/aromatic N) is 1. The molecule has 2 aromatic carbocycles. The molecule has 0 saturated carbocycles. The molecular weight excluding hydrogens is 351 g/mol. The Morgan fingerprint density at radius 1 is 1.12 bits per heavy atom. The van der Waals surface area contributed by atoms with Crippen LogP contribution < -0.4 is 14.1 Å². The molecule has 0 fully saturated rings. The minimum atomic E-state index is -4.11. The Bertz CT molecular complexity index is 795. The highest BCUT2D eigenvalue weighted by atomic mass is 31.2. The molecule has 0 aliphatic carbocycles. The van der Waals surface area contributed by atoms with Gasteiger partial charge in [0.05, 0.1) is 4.92 Å². The van der Waals surface area contributed by atoms with Crippen molar-refractivity contribution in [1.29, 1.82) is 0 Å². The van der Waals surface area contributed by atoms with Crippen molar-refractivity contribution in [3.05, 3.63) is 64.7 Å². The third-order valence-electron chi connectivity index (χ3n) is 2.96. The monoisotopic (exact) mass is 366 g/mol. The van der Waals surface area contributed by atoms with E-state index in [1.807, 2.05) is 0 Å². The fraction of sp³-hybridized carbons (Fsp3) is 0.133. The van der Waals surface area contributed by atoms with Crippen LogP contribution in [0.15, 0.2) is 54.6 Å². The maximum atomic E-state index is 12.9. The van der Waals surface area contributed by atoms with Crippen molar-refractivity contribution in [2.45, 2.75) is 13.0 Å². The summed E-state index contributed by atoms with van der Waals surface area (Å²) in [6, 6.07) is 11.7. The summed E-state index contributed by atoms with van der Waals surface area (Å²) in [5.74, 6) is -1.02. The van der Waals surface area contributed by atoms with Gasteiger partial charge in [-0.3, -0.25) is 14.9 Å². The summed E-state index contributed by atoms with van der Waals surface area (Å²) in [5.41, 5.74) is -0.168. The van der Waals surface area contributed by atoms with Gasteiger partial charge in [0.2, 0.25) is 0 Å². The van der Waals surface area contributed by atoms with Gasteiger partial charge in [-0.25, -0.2) is 4.57 Å². The van der Waals surface area contributed by atoms with Gasteiger partial charge in [0.25, 0.3) is 5.69 Å². The predicted molar refractivity (Wildman–Crippen MR) is 88.6 cm³/mol. The summed E-state index contributed by atoms with van der Waals surface area (Å²) in [4.78, 5) is 21.1. The van der Waals surface area contributed by atoms with Crippen molar-refractivity contribution >= 4 is 19.4 Å². The third kappa shape index (κ3) is 5.30. The molecule has 2 atom stereocenters. The number of benzene rings is 2. The molecule has 0 aromatic heterocycles. The second kappa shape index (κ2) is 7.78. The molecule has 0 radical (unpaired) electrons. The number of hydrogen-bond acceptors (Lipinski definition) is 6. The van der Waals surface area contributed by atoms with Gasteiger partial charge in [-0.2, -0.15) is 5.09 Å². The van der Waals surface area contributed by atoms with Gasteiger partial charge in [-0.05, 0) is 31.2 Å². The Morgan fingerprint density at radius 3 is 2.12 bits per heavy atom. The van der Waals surface area contributed by atoms with Gasteiger partial charge in [0, 0.05) is 12.1 Å². The van der Waals surface area contributed by atoms with Crippen LogP contribution in [0.1, 0.15) is 6.92 Å². The SMILES string of the molecule is CC(NP(=O)(Oc1ccccc1)Oc1ccc([N+](=O)[O-])cc1)C(=O)O. The van der Waals surface area contributed by atoms with Gasteiger partial charge >= 0.3 is 13.7 Å². The zero-order valence-electron chi connectivity index (χ0n) is 13.1. The molecule has 10 heteroatoms. The molecule has 9 nitrogen and oxygen atoms in total. The fourth-order valence-corrected chi connectivity index (χ4v) is 3.28. The number of rotatable bonds is 8. The molecule has 0 bridgehead atoms. The first-order valence-corrected chi connectivity index (χ1v) is 8.63. The van der Waals surface area contributed by atoms with Crippen LogP contribution in [0.2, 0.25) is 0 Å². The smallest absolute Gasteiger partial charge is 0.480 e. The topological polar surface area (TPSA) is 128 Å². The Kier molecular flexibility index (Phi) is 5.74. The maximum absolute atomic E-state index is 12.9. The molecule has 0 heterocycles. The van der Waals surface area contributed by atoms with Crippen LogP contribution in [-0.4, -0.2) is 22.0 Å². The van der Waals surface area contributed by atoms with Gasteiger partial charge in [-0.1, -0.05) is 18.2 Å². The molecular formula is C15H15N2O7P. The number of carboxylic acid groups (broad SMARTS) is 1. The third-order valence-corrected chi connectivity index (χ3v) is 4.57. The lowest BCUT2D eigenvalue weighted by Gasteiger charge is -2.22. The van der Waals surface area contributed by atoms with Crippen LogP contribution in [0.3, 0.4) is 0 Å². The van der Waals surface area contributed by atoms with E-state index in [9.17, 15) is 19.5 Å². The largest absolute Gasteiger partial charge is 0.513 e. The van der Waals surface area contributed by atoms with Crippen molar-refractivity contribution < 1.29 is 28.4 Å². The summed E-state index contributed by atoms with van der Waals surface area (Å²) in [6.45, 7) is 1.28. The van der Waals surface area contributed by atoms with Crippen LogP contribution in [-0.2, 0) is 9.36 Å². The quantitative estimate of drug-likeness (QED) is 0.414. The van der Waals surface area contributed by atoms with E-state index < -0.39 is 24.7 Å². The first-order valence-electron chi connectivity index (χ1n) is 7.08. The van der Waals surface area contributed by atoms with E-state index in [-0.39, 0.29) is 17.2 Å². The van der Waals surface area contributed by atoms with Crippen molar-refractivity contribution in [1.82, 2.24) is 5.09 Å². The number of aliphatic carboxylic acids is 1. The lowest BCUT2D eigenvalue weighted by atomic mass is 10.3. The first kappa shape index (κ1) is 18.4. The van der Waals surface area contributed by atoms with Crippen molar-refractivity contribution in [3.63, 3.8) is 0 Å². The number of non-ortho nitro benzene ring substituents is 1. The van der Waals surface area contributed by atoms with Gasteiger partial charge in [0.1, 0.15) is 17.5 Å². The number of para-hydroxylation sites is 1. The Morgan fingerprint density at radius 2 is 1.64 bits per heavy atom. The Hall–Kier alpha value is -2.90. The molecule has 0 spiro atoms. The number of nitro benzene ring substituents is 1. The van der Waals surface area contributed by atoms with E-state index in [2.05, 4.69) is 5.09 Å². The number of nitrogens with one attached hydrogen (secondary N) is 1. The van der Waals surface area contributed by atoms with E-state index >= 15 is 0 Å². The first-order chi connectivity index (χ1) is 11.8. The highest BCUT2D eigenvalue weighted by Crippen LogP contribution is 2.45. The second-order valence-corrected chi connectivity index (χ2v) is 6.55. The Labute approximate surface area is 142 Å². The summed E-state index contributed by atoms with van der Waals surface area (Å²) in [5, 5.41) is 22.0. The zero-order valence-corrected chi connectivity index (χ0v) is 14.0. The molecule has 2 N–H and O–H groups in total. The average Bonchev–Trinajstić information content (AvgIpc) is 2.55. The highest BCUT2D eigenvalue weighted by Gasteiger charge is 2.33. The van der Waals surface area contributed by atoms with Gasteiger partial charge < -0.3 is 14.2 Å². The van der Waals surface area contributed by atoms with Crippen LogP contribution in [0, 0.1) is 10.1 Å². The molecule has 0 amide bonds. The van der Waals surface area contributed by atoms with Crippen LogP contribution in [0.4, 0.5) is 5.69 Å². The summed E-state index contributed by atoms with van der Waals surface area (Å²) in [7, 11) is -4.11. The van der Waals surface area contributed by atoms with Crippen molar-refractivity contribution in [2.24, 2.45) is 0 Å². The van der Waals surface area contributed by atoms with Crippen molar-refractivity contribution in [3.8, 4) is 11.5 Å². The van der Waals surface area contributed by atoms with E-state index in [0.29, 0.717) is 0 Å². The minimum Gasteiger partial charge on any atom is -0.480 e. The van der Waals surface area contributed by atoms with Gasteiger partial charge in [-0.15, -0.1) is 0 Å².